The predicted molar refractivity (Wildman–Crippen MR) is 72.0 cm³/mol. The highest BCUT2D eigenvalue weighted by Crippen LogP contribution is 2.25. The quantitative estimate of drug-likeness (QED) is 0.751. The highest BCUT2D eigenvalue weighted by molar-refractivity contribution is 5.74. The number of esters is 1. The van der Waals surface area contributed by atoms with Crippen LogP contribution in [0.2, 0.25) is 0 Å². The SMILES string of the molecule is CCOC(=O)C(C)Oc1cc(C(C)C)ccc1C. The fourth-order valence-corrected chi connectivity index (χ4v) is 1.60. The molecule has 1 aromatic rings. The zero-order chi connectivity index (χ0) is 13.7. The summed E-state index contributed by atoms with van der Waals surface area (Å²) in [6.07, 6.45) is -0.578. The lowest BCUT2D eigenvalue weighted by molar-refractivity contribution is -0.150. The molecular formula is C15H22O3. The van der Waals surface area contributed by atoms with Crippen LogP contribution in [-0.2, 0) is 9.53 Å². The van der Waals surface area contributed by atoms with Crippen molar-refractivity contribution >= 4 is 5.97 Å². The number of hydrogen-bond donors (Lipinski definition) is 0. The van der Waals surface area contributed by atoms with Crippen LogP contribution in [0.4, 0.5) is 0 Å². The van der Waals surface area contributed by atoms with E-state index in [2.05, 4.69) is 19.9 Å². The molecule has 1 unspecified atom stereocenters. The highest BCUT2D eigenvalue weighted by atomic mass is 16.6. The lowest BCUT2D eigenvalue weighted by Gasteiger charge is -2.17. The number of carbonyl (C=O) groups is 1. The van der Waals surface area contributed by atoms with Crippen LogP contribution in [-0.4, -0.2) is 18.7 Å². The zero-order valence-electron chi connectivity index (χ0n) is 11.8. The first-order valence-electron chi connectivity index (χ1n) is 6.39. The van der Waals surface area contributed by atoms with E-state index in [9.17, 15) is 4.79 Å². The molecule has 1 atom stereocenters. The van der Waals surface area contributed by atoms with Crippen LogP contribution in [0.5, 0.6) is 5.75 Å². The van der Waals surface area contributed by atoms with Gasteiger partial charge in [-0.25, -0.2) is 4.79 Å². The van der Waals surface area contributed by atoms with Crippen LogP contribution in [0, 0.1) is 6.92 Å². The van der Waals surface area contributed by atoms with Crippen LogP contribution >= 0.6 is 0 Å². The molecule has 18 heavy (non-hydrogen) atoms. The first kappa shape index (κ1) is 14.6. The predicted octanol–water partition coefficient (Wildman–Crippen LogP) is 3.45. The van der Waals surface area contributed by atoms with Gasteiger partial charge in [0.25, 0.3) is 0 Å². The van der Waals surface area contributed by atoms with E-state index in [0.29, 0.717) is 12.5 Å². The van der Waals surface area contributed by atoms with Crippen molar-refractivity contribution in [2.24, 2.45) is 0 Å². The van der Waals surface area contributed by atoms with Crippen molar-refractivity contribution in [2.45, 2.75) is 46.6 Å². The molecule has 0 aliphatic carbocycles. The minimum Gasteiger partial charge on any atom is -0.479 e. The molecule has 1 aromatic carbocycles. The fraction of sp³-hybridized carbons (Fsp3) is 0.533. The molecule has 1 rings (SSSR count). The molecule has 0 bridgehead atoms. The Hall–Kier alpha value is -1.51. The zero-order valence-corrected chi connectivity index (χ0v) is 11.8. The topological polar surface area (TPSA) is 35.5 Å². The van der Waals surface area contributed by atoms with Crippen LogP contribution in [0.25, 0.3) is 0 Å². The second-order valence-electron chi connectivity index (χ2n) is 4.69. The summed E-state index contributed by atoms with van der Waals surface area (Å²) in [4.78, 5) is 11.5. The van der Waals surface area contributed by atoms with E-state index >= 15 is 0 Å². The molecule has 0 aromatic heterocycles. The second kappa shape index (κ2) is 6.43. The Kier molecular flexibility index (Phi) is 5.20. The standard InChI is InChI=1S/C15H22O3/c1-6-17-15(16)12(5)18-14-9-13(10(2)3)8-7-11(14)4/h7-10,12H,6H2,1-5H3. The molecule has 3 nitrogen and oxygen atoms in total. The molecule has 0 amide bonds. The van der Waals surface area contributed by atoms with Gasteiger partial charge in [-0.15, -0.1) is 0 Å². The fourth-order valence-electron chi connectivity index (χ4n) is 1.60. The van der Waals surface area contributed by atoms with Crippen molar-refractivity contribution in [3.63, 3.8) is 0 Å². The van der Waals surface area contributed by atoms with Gasteiger partial charge in [-0.3, -0.25) is 0 Å². The smallest absolute Gasteiger partial charge is 0.347 e. The average molecular weight is 250 g/mol. The van der Waals surface area contributed by atoms with Crippen molar-refractivity contribution in [2.75, 3.05) is 6.61 Å². The molecule has 0 spiro atoms. The summed E-state index contributed by atoms with van der Waals surface area (Å²) in [7, 11) is 0. The summed E-state index contributed by atoms with van der Waals surface area (Å²) in [6, 6.07) is 6.10. The molecule has 0 saturated heterocycles. The third kappa shape index (κ3) is 3.76. The molecular weight excluding hydrogens is 228 g/mol. The third-order valence-corrected chi connectivity index (χ3v) is 2.80. The van der Waals surface area contributed by atoms with Gasteiger partial charge in [0, 0.05) is 0 Å². The van der Waals surface area contributed by atoms with E-state index in [1.807, 2.05) is 19.1 Å². The van der Waals surface area contributed by atoms with Gasteiger partial charge in [-0.2, -0.15) is 0 Å². The van der Waals surface area contributed by atoms with Gasteiger partial charge in [-0.05, 0) is 43.9 Å². The van der Waals surface area contributed by atoms with Gasteiger partial charge in [-0.1, -0.05) is 26.0 Å². The van der Waals surface area contributed by atoms with Crippen LogP contribution in [0.3, 0.4) is 0 Å². The van der Waals surface area contributed by atoms with Crippen molar-refractivity contribution in [3.05, 3.63) is 29.3 Å². The van der Waals surface area contributed by atoms with Crippen molar-refractivity contribution in [1.29, 1.82) is 0 Å². The highest BCUT2D eigenvalue weighted by Gasteiger charge is 2.17. The van der Waals surface area contributed by atoms with Gasteiger partial charge in [0.05, 0.1) is 6.61 Å². The lowest BCUT2D eigenvalue weighted by atomic mass is 10.0. The van der Waals surface area contributed by atoms with E-state index in [4.69, 9.17) is 9.47 Å². The molecule has 0 heterocycles. The Balaban J connectivity index is 2.83. The normalized spacial score (nSPS) is 12.3. The van der Waals surface area contributed by atoms with Crippen LogP contribution < -0.4 is 4.74 Å². The first-order chi connectivity index (χ1) is 8.45. The number of hydrogen-bond acceptors (Lipinski definition) is 3. The second-order valence-corrected chi connectivity index (χ2v) is 4.69. The van der Waals surface area contributed by atoms with Gasteiger partial charge < -0.3 is 9.47 Å². The maximum absolute atomic E-state index is 11.5. The number of rotatable bonds is 5. The van der Waals surface area contributed by atoms with Gasteiger partial charge in [0.2, 0.25) is 0 Å². The van der Waals surface area contributed by atoms with Crippen molar-refractivity contribution in [1.82, 2.24) is 0 Å². The molecule has 0 saturated carbocycles. The number of aryl methyl sites for hydroxylation is 1. The molecule has 0 fully saturated rings. The van der Waals surface area contributed by atoms with E-state index in [0.717, 1.165) is 11.3 Å². The molecule has 3 heteroatoms. The average Bonchev–Trinajstić information content (AvgIpc) is 2.31. The molecule has 100 valence electrons. The summed E-state index contributed by atoms with van der Waals surface area (Å²) in [5.41, 5.74) is 2.22. The minimum atomic E-state index is -0.578. The van der Waals surface area contributed by atoms with Gasteiger partial charge in [0.15, 0.2) is 6.10 Å². The largest absolute Gasteiger partial charge is 0.479 e. The molecule has 0 aliphatic heterocycles. The van der Waals surface area contributed by atoms with Gasteiger partial charge >= 0.3 is 5.97 Å². The summed E-state index contributed by atoms with van der Waals surface area (Å²) >= 11 is 0. The van der Waals surface area contributed by atoms with Crippen LogP contribution in [0.1, 0.15) is 44.7 Å². The molecule has 0 radical (unpaired) electrons. The third-order valence-electron chi connectivity index (χ3n) is 2.80. The summed E-state index contributed by atoms with van der Waals surface area (Å²) in [5.74, 6) is 0.861. The maximum atomic E-state index is 11.5. The lowest BCUT2D eigenvalue weighted by Crippen LogP contribution is -2.26. The Morgan fingerprint density at radius 1 is 1.28 bits per heavy atom. The Bertz CT molecular complexity index is 410. The summed E-state index contributed by atoms with van der Waals surface area (Å²) in [6.45, 7) is 10.1. The minimum absolute atomic E-state index is 0.327. The maximum Gasteiger partial charge on any atom is 0.347 e. The number of ether oxygens (including phenoxy) is 2. The number of carbonyl (C=O) groups excluding carboxylic acids is 1. The molecule has 0 N–H and O–H groups in total. The monoisotopic (exact) mass is 250 g/mol. The van der Waals surface area contributed by atoms with E-state index in [1.165, 1.54) is 5.56 Å². The first-order valence-corrected chi connectivity index (χ1v) is 6.39. The van der Waals surface area contributed by atoms with Crippen molar-refractivity contribution in [3.8, 4) is 5.75 Å². The van der Waals surface area contributed by atoms with Crippen LogP contribution in [0.15, 0.2) is 18.2 Å². The van der Waals surface area contributed by atoms with Crippen molar-refractivity contribution < 1.29 is 14.3 Å². The van der Waals surface area contributed by atoms with E-state index in [-0.39, 0.29) is 5.97 Å². The molecule has 0 aliphatic rings. The number of benzene rings is 1. The Labute approximate surface area is 109 Å². The summed E-state index contributed by atoms with van der Waals surface area (Å²) in [5, 5.41) is 0. The Morgan fingerprint density at radius 3 is 2.50 bits per heavy atom. The van der Waals surface area contributed by atoms with E-state index in [1.54, 1.807) is 13.8 Å². The summed E-state index contributed by atoms with van der Waals surface area (Å²) < 4.78 is 10.6. The van der Waals surface area contributed by atoms with Gasteiger partial charge in [0.1, 0.15) is 5.75 Å². The van der Waals surface area contributed by atoms with E-state index < -0.39 is 6.10 Å². The Morgan fingerprint density at radius 2 is 1.94 bits per heavy atom.